The normalized spacial score (nSPS) is 15.7. The molecule has 2 atom stereocenters. The summed E-state index contributed by atoms with van der Waals surface area (Å²) < 4.78 is 83.6. The van der Waals surface area contributed by atoms with E-state index in [1.54, 1.807) is 30.3 Å². The van der Waals surface area contributed by atoms with Gasteiger partial charge in [-0.05, 0) is 36.2 Å². The molecule has 2 nitrogen and oxygen atoms in total. The molecule has 0 spiro atoms. The van der Waals surface area contributed by atoms with Gasteiger partial charge in [-0.15, -0.1) is 6.58 Å². The van der Waals surface area contributed by atoms with E-state index in [0.29, 0.717) is 17.7 Å². The first-order valence-corrected chi connectivity index (χ1v) is 8.26. The summed E-state index contributed by atoms with van der Waals surface area (Å²) in [6.07, 6.45) is -9.48. The van der Waals surface area contributed by atoms with Gasteiger partial charge in [0.1, 0.15) is 0 Å². The van der Waals surface area contributed by atoms with Gasteiger partial charge in [0.25, 0.3) is 0 Å². The lowest BCUT2D eigenvalue weighted by atomic mass is 9.92. The molecule has 0 aliphatic rings. The second-order valence-corrected chi connectivity index (χ2v) is 6.40. The molecule has 152 valence electrons. The molecule has 0 aliphatic carbocycles. The van der Waals surface area contributed by atoms with Crippen molar-refractivity contribution in [2.45, 2.75) is 30.9 Å². The summed E-state index contributed by atoms with van der Waals surface area (Å²) in [5.74, 6) is 0. The van der Waals surface area contributed by atoms with Gasteiger partial charge in [-0.2, -0.15) is 26.3 Å². The third-order valence-corrected chi connectivity index (χ3v) is 4.33. The Morgan fingerprint density at radius 3 is 1.86 bits per heavy atom. The van der Waals surface area contributed by atoms with Crippen LogP contribution in [-0.2, 0) is 22.6 Å². The van der Waals surface area contributed by atoms with Crippen molar-refractivity contribution in [1.82, 2.24) is 0 Å². The van der Waals surface area contributed by atoms with Gasteiger partial charge in [0.05, 0.1) is 29.4 Å². The lowest BCUT2D eigenvalue weighted by Crippen LogP contribution is -2.39. The molecule has 2 N–H and O–H groups in total. The van der Waals surface area contributed by atoms with Gasteiger partial charge >= 0.3 is 12.4 Å². The van der Waals surface area contributed by atoms with Crippen molar-refractivity contribution in [3.63, 3.8) is 0 Å². The third kappa shape index (κ3) is 5.14. The van der Waals surface area contributed by atoms with Gasteiger partial charge in [-0.3, -0.25) is 0 Å². The molecule has 0 saturated heterocycles. The molecular formula is C20H19F6NO. The summed E-state index contributed by atoms with van der Waals surface area (Å²) >= 11 is 0. The molecule has 1 unspecified atom stereocenters. The molecule has 0 amide bonds. The minimum absolute atomic E-state index is 0.0805. The fourth-order valence-electron chi connectivity index (χ4n) is 2.58. The molecule has 0 fully saturated rings. The number of rotatable bonds is 6. The number of hydrogen-bond donors (Lipinski definition) is 1. The van der Waals surface area contributed by atoms with Crippen LogP contribution in [0.4, 0.5) is 26.3 Å². The predicted octanol–water partition coefficient (Wildman–Crippen LogP) is 5.84. The van der Waals surface area contributed by atoms with Crippen LogP contribution in [-0.4, -0.2) is 6.61 Å². The first-order chi connectivity index (χ1) is 12.9. The van der Waals surface area contributed by atoms with Crippen LogP contribution >= 0.6 is 0 Å². The van der Waals surface area contributed by atoms with E-state index in [0.717, 1.165) is 0 Å². The van der Waals surface area contributed by atoms with E-state index in [4.69, 9.17) is 10.5 Å². The van der Waals surface area contributed by atoms with Gasteiger partial charge in [0, 0.05) is 0 Å². The highest BCUT2D eigenvalue weighted by molar-refractivity contribution is 5.35. The van der Waals surface area contributed by atoms with Gasteiger partial charge in [0.2, 0.25) is 0 Å². The number of alkyl halides is 6. The Balaban J connectivity index is 2.30. The smallest absolute Gasteiger partial charge is 0.371 e. The lowest BCUT2D eigenvalue weighted by Gasteiger charge is -2.28. The average Bonchev–Trinajstić information content (AvgIpc) is 2.64. The van der Waals surface area contributed by atoms with E-state index < -0.39 is 35.1 Å². The monoisotopic (exact) mass is 403 g/mol. The van der Waals surface area contributed by atoms with Crippen molar-refractivity contribution in [2.24, 2.45) is 5.73 Å². The second kappa shape index (κ2) is 7.97. The van der Waals surface area contributed by atoms with Gasteiger partial charge in [-0.25, -0.2) is 0 Å². The minimum atomic E-state index is -4.92. The zero-order chi connectivity index (χ0) is 21.2. The third-order valence-electron chi connectivity index (χ3n) is 4.33. The predicted molar refractivity (Wildman–Crippen MR) is 93.3 cm³/mol. The van der Waals surface area contributed by atoms with Crippen LogP contribution < -0.4 is 5.73 Å². The number of ether oxygens (including phenoxy) is 1. The van der Waals surface area contributed by atoms with Crippen LogP contribution in [0.25, 0.3) is 0 Å². The summed E-state index contributed by atoms with van der Waals surface area (Å²) in [6.45, 7) is 4.83. The number of nitrogens with two attached hydrogens (primary N) is 1. The Hall–Kier alpha value is -2.32. The fraction of sp³-hybridized carbons (Fsp3) is 0.300. The topological polar surface area (TPSA) is 35.2 Å². The van der Waals surface area contributed by atoms with E-state index in [1.165, 1.54) is 13.0 Å². The second-order valence-electron chi connectivity index (χ2n) is 6.40. The molecule has 8 heteroatoms. The number of benzene rings is 2. The zero-order valence-electron chi connectivity index (χ0n) is 14.9. The van der Waals surface area contributed by atoms with Crippen LogP contribution in [0, 0.1) is 0 Å². The van der Waals surface area contributed by atoms with E-state index >= 15 is 0 Å². The fourth-order valence-corrected chi connectivity index (χ4v) is 2.58. The average molecular weight is 403 g/mol. The van der Waals surface area contributed by atoms with Crippen molar-refractivity contribution >= 4 is 0 Å². The van der Waals surface area contributed by atoms with Crippen LogP contribution in [0.2, 0.25) is 0 Å². The Labute approximate surface area is 158 Å². The molecule has 0 aliphatic heterocycles. The first kappa shape index (κ1) is 22.0. The van der Waals surface area contributed by atoms with Crippen LogP contribution in [0.5, 0.6) is 0 Å². The summed E-state index contributed by atoms with van der Waals surface area (Å²) in [4.78, 5) is 0. The van der Waals surface area contributed by atoms with E-state index in [2.05, 4.69) is 6.58 Å². The zero-order valence-corrected chi connectivity index (χ0v) is 14.9. The Bertz CT molecular complexity index is 783. The van der Waals surface area contributed by atoms with E-state index in [9.17, 15) is 26.3 Å². The molecule has 2 aromatic carbocycles. The standard InChI is InChI=1S/C20H19F6NO/c1-3-18(27,15-7-5-4-6-8-15)12-28-13(2)14-9-16(19(21,22)23)11-17(10-14)20(24,25)26/h3-11,13H,1,12,27H2,2H3/t13?,18-/m1/s1. The molecule has 0 saturated carbocycles. The van der Waals surface area contributed by atoms with Gasteiger partial charge in [-0.1, -0.05) is 36.4 Å². The summed E-state index contributed by atoms with van der Waals surface area (Å²) in [5, 5.41) is 0. The molecule has 0 bridgehead atoms. The summed E-state index contributed by atoms with van der Waals surface area (Å²) in [6, 6.07) is 10.1. The SMILES string of the molecule is C=C[C@@](N)(COC(C)c1cc(C(F)(F)F)cc(C(F)(F)F)c1)c1ccccc1. The van der Waals surface area contributed by atoms with Gasteiger partial charge < -0.3 is 10.5 Å². The van der Waals surface area contributed by atoms with Crippen molar-refractivity contribution in [3.05, 3.63) is 83.4 Å². The highest BCUT2D eigenvalue weighted by atomic mass is 19.4. The van der Waals surface area contributed by atoms with Gasteiger partial charge in [0.15, 0.2) is 0 Å². The lowest BCUT2D eigenvalue weighted by molar-refractivity contribution is -0.143. The highest BCUT2D eigenvalue weighted by Crippen LogP contribution is 2.38. The number of hydrogen-bond acceptors (Lipinski definition) is 2. The first-order valence-electron chi connectivity index (χ1n) is 8.26. The van der Waals surface area contributed by atoms with Crippen molar-refractivity contribution in [2.75, 3.05) is 6.61 Å². The van der Waals surface area contributed by atoms with E-state index in [-0.39, 0.29) is 18.2 Å². The van der Waals surface area contributed by atoms with Crippen LogP contribution in [0.1, 0.15) is 35.3 Å². The maximum atomic E-state index is 13.0. The molecule has 0 heterocycles. The molecule has 0 radical (unpaired) electrons. The number of halogens is 6. The minimum Gasteiger partial charge on any atom is -0.371 e. The molecule has 2 aromatic rings. The molecule has 28 heavy (non-hydrogen) atoms. The molecule has 0 aromatic heterocycles. The molecular weight excluding hydrogens is 384 g/mol. The largest absolute Gasteiger partial charge is 0.416 e. The Morgan fingerprint density at radius 1 is 0.929 bits per heavy atom. The summed E-state index contributed by atoms with van der Waals surface area (Å²) in [5.41, 5.74) is 2.71. The Morgan fingerprint density at radius 2 is 1.43 bits per heavy atom. The van der Waals surface area contributed by atoms with Crippen LogP contribution in [0.3, 0.4) is 0 Å². The highest BCUT2D eigenvalue weighted by Gasteiger charge is 2.37. The quantitative estimate of drug-likeness (QED) is 0.486. The maximum Gasteiger partial charge on any atom is 0.416 e. The van der Waals surface area contributed by atoms with E-state index in [1.807, 2.05) is 0 Å². The van der Waals surface area contributed by atoms with Crippen molar-refractivity contribution in [1.29, 1.82) is 0 Å². The maximum absolute atomic E-state index is 13.0. The van der Waals surface area contributed by atoms with Crippen molar-refractivity contribution in [3.8, 4) is 0 Å². The Kier molecular flexibility index (Phi) is 6.25. The summed E-state index contributed by atoms with van der Waals surface area (Å²) in [7, 11) is 0. The molecule has 2 rings (SSSR count). The van der Waals surface area contributed by atoms with Crippen LogP contribution in [0.15, 0.2) is 61.2 Å². The van der Waals surface area contributed by atoms with Crippen molar-refractivity contribution < 1.29 is 31.1 Å².